The minimum absolute atomic E-state index is 0.0165. The van der Waals surface area contributed by atoms with E-state index < -0.39 is 5.91 Å². The lowest BCUT2D eigenvalue weighted by atomic mass is 10.1. The first-order valence-electron chi connectivity index (χ1n) is 16.3. The largest absolute Gasteiger partial charge is 0.497 e. The van der Waals surface area contributed by atoms with Crippen LogP contribution in [0.4, 0.5) is 17.1 Å². The molecule has 1 saturated heterocycles. The van der Waals surface area contributed by atoms with Crippen LogP contribution in [0.5, 0.6) is 17.2 Å². The van der Waals surface area contributed by atoms with Crippen molar-refractivity contribution >= 4 is 34.8 Å². The van der Waals surface area contributed by atoms with Gasteiger partial charge in [-0.05, 0) is 78.7 Å². The van der Waals surface area contributed by atoms with Crippen LogP contribution in [-0.4, -0.2) is 69.1 Å². The molecule has 0 spiro atoms. The number of ether oxygens (including phenoxy) is 2. The number of benzene rings is 4. The number of hydrogen-bond acceptors (Lipinski definition) is 8. The number of piperazine rings is 1. The summed E-state index contributed by atoms with van der Waals surface area (Å²) in [4.78, 5) is 35.4. The molecule has 1 fully saturated rings. The van der Waals surface area contributed by atoms with Gasteiger partial charge >= 0.3 is 0 Å². The summed E-state index contributed by atoms with van der Waals surface area (Å²) in [6.45, 7) is 5.53. The molecule has 7 N–H and O–H groups in total. The third-order valence-electron chi connectivity index (χ3n) is 8.16. The standard InChI is InChI=1S/C33H33N5O4.C4H11N3/c1-41-26-13-11-25(12-14-26)36-16-18-37(19-17-36)33(40)24-10-15-30-29(21-24)35-32(38(30)22-31(34)39)23-6-5-9-28(20-23)42-27-7-3-2-4-8-27;1-2-3-7-4(5)6/h2-15,20-21,32,35H,16-19,22H2,1H3,(H2,34,39);2-3H2,1H3,(H4,5,6,7). The molecule has 49 heavy (non-hydrogen) atoms. The van der Waals surface area contributed by atoms with Crippen molar-refractivity contribution in [1.29, 1.82) is 0 Å². The maximum Gasteiger partial charge on any atom is 0.254 e. The third kappa shape index (κ3) is 8.92. The molecular weight excluding hydrogens is 620 g/mol. The van der Waals surface area contributed by atoms with Crippen LogP contribution in [0.2, 0.25) is 0 Å². The Balaban J connectivity index is 0.000000606. The molecule has 1 unspecified atom stereocenters. The van der Waals surface area contributed by atoms with Crippen molar-refractivity contribution in [2.75, 3.05) is 61.5 Å². The molecule has 0 aromatic heterocycles. The number of rotatable bonds is 10. The number of nitrogens with one attached hydrogen (secondary N) is 1. The zero-order chi connectivity index (χ0) is 34.8. The Morgan fingerprint density at radius 2 is 1.55 bits per heavy atom. The van der Waals surface area contributed by atoms with Crippen LogP contribution in [0, 0.1) is 0 Å². The predicted octanol–water partition coefficient (Wildman–Crippen LogP) is 4.54. The smallest absolute Gasteiger partial charge is 0.254 e. The molecule has 1 atom stereocenters. The molecule has 0 radical (unpaired) electrons. The van der Waals surface area contributed by atoms with Gasteiger partial charge in [0, 0.05) is 44.0 Å². The lowest BCUT2D eigenvalue weighted by molar-refractivity contribution is -0.116. The average molecular weight is 665 g/mol. The Bertz CT molecular complexity index is 1740. The van der Waals surface area contributed by atoms with Crippen LogP contribution in [0.1, 0.15) is 35.4 Å². The molecule has 4 aromatic rings. The first-order valence-corrected chi connectivity index (χ1v) is 16.3. The van der Waals surface area contributed by atoms with Crippen LogP contribution in [0.25, 0.3) is 0 Å². The number of anilines is 3. The van der Waals surface area contributed by atoms with Crippen molar-refractivity contribution < 1.29 is 19.1 Å². The summed E-state index contributed by atoms with van der Waals surface area (Å²) < 4.78 is 11.3. The van der Waals surface area contributed by atoms with Gasteiger partial charge < -0.3 is 46.7 Å². The molecule has 0 bridgehead atoms. The minimum Gasteiger partial charge on any atom is -0.497 e. The van der Waals surface area contributed by atoms with Gasteiger partial charge in [-0.15, -0.1) is 0 Å². The molecule has 2 aliphatic heterocycles. The average Bonchev–Trinajstić information content (AvgIpc) is 3.48. The van der Waals surface area contributed by atoms with Gasteiger partial charge in [0.05, 0.1) is 25.0 Å². The summed E-state index contributed by atoms with van der Waals surface area (Å²) in [7, 11) is 1.66. The van der Waals surface area contributed by atoms with Crippen LogP contribution in [0.15, 0.2) is 102 Å². The normalized spacial score (nSPS) is 14.9. The number of carbonyl (C=O) groups excluding carboxylic acids is 2. The highest BCUT2D eigenvalue weighted by Crippen LogP contribution is 2.42. The number of amides is 2. The van der Waals surface area contributed by atoms with E-state index in [1.54, 1.807) is 7.11 Å². The van der Waals surface area contributed by atoms with Crippen LogP contribution in [0.3, 0.4) is 0 Å². The molecule has 256 valence electrons. The monoisotopic (exact) mass is 664 g/mol. The molecule has 0 aliphatic carbocycles. The van der Waals surface area contributed by atoms with Gasteiger partial charge in [-0.25, -0.2) is 0 Å². The van der Waals surface area contributed by atoms with E-state index >= 15 is 0 Å². The molecule has 12 heteroatoms. The Hall–Kier alpha value is -5.91. The van der Waals surface area contributed by atoms with E-state index in [9.17, 15) is 9.59 Å². The second-order valence-corrected chi connectivity index (χ2v) is 11.6. The molecule has 2 heterocycles. The number of fused-ring (bicyclic) bond motifs is 1. The number of methoxy groups -OCH3 is 1. The van der Waals surface area contributed by atoms with Crippen molar-refractivity contribution in [3.8, 4) is 17.2 Å². The van der Waals surface area contributed by atoms with Gasteiger partial charge in [0.1, 0.15) is 23.4 Å². The number of hydrogen-bond donors (Lipinski definition) is 4. The second kappa shape index (κ2) is 16.3. The summed E-state index contributed by atoms with van der Waals surface area (Å²) in [5.41, 5.74) is 19.9. The van der Waals surface area contributed by atoms with Crippen LogP contribution >= 0.6 is 0 Å². The van der Waals surface area contributed by atoms with Crippen LogP contribution < -0.4 is 41.8 Å². The molecule has 12 nitrogen and oxygen atoms in total. The van der Waals surface area contributed by atoms with Crippen molar-refractivity contribution in [2.45, 2.75) is 19.5 Å². The topological polar surface area (TPSA) is 165 Å². The molecule has 4 aromatic carbocycles. The van der Waals surface area contributed by atoms with E-state index in [0.717, 1.165) is 60.2 Å². The summed E-state index contributed by atoms with van der Waals surface area (Å²) in [5.74, 6) is 1.96. The minimum atomic E-state index is -0.443. The Kier molecular flexibility index (Phi) is 11.4. The highest BCUT2D eigenvalue weighted by Gasteiger charge is 2.32. The van der Waals surface area contributed by atoms with Gasteiger partial charge in [-0.3, -0.25) is 14.6 Å². The number of nitrogens with two attached hydrogens (primary N) is 3. The number of guanidine groups is 1. The zero-order valence-electron chi connectivity index (χ0n) is 27.9. The lowest BCUT2D eigenvalue weighted by Crippen LogP contribution is -2.48. The molecular formula is C37H44N8O4. The fraction of sp³-hybridized carbons (Fsp3) is 0.270. The molecule has 6 rings (SSSR count). The van der Waals surface area contributed by atoms with E-state index in [-0.39, 0.29) is 24.6 Å². The quantitative estimate of drug-likeness (QED) is 0.141. The van der Waals surface area contributed by atoms with Gasteiger partial charge in [0.25, 0.3) is 5.91 Å². The third-order valence-corrected chi connectivity index (χ3v) is 8.16. The van der Waals surface area contributed by atoms with Gasteiger partial charge in [-0.2, -0.15) is 0 Å². The maximum atomic E-state index is 13.5. The number of carbonyl (C=O) groups is 2. The van der Waals surface area contributed by atoms with Gasteiger partial charge in [-0.1, -0.05) is 37.3 Å². The highest BCUT2D eigenvalue weighted by atomic mass is 16.5. The fourth-order valence-corrected chi connectivity index (χ4v) is 5.76. The first-order chi connectivity index (χ1) is 23.7. The van der Waals surface area contributed by atoms with Crippen molar-refractivity contribution in [3.63, 3.8) is 0 Å². The highest BCUT2D eigenvalue weighted by molar-refractivity contribution is 5.97. The molecule has 2 aliphatic rings. The number of aliphatic imine (C=N–C) groups is 1. The Morgan fingerprint density at radius 1 is 0.837 bits per heavy atom. The zero-order valence-corrected chi connectivity index (χ0v) is 27.9. The van der Waals surface area contributed by atoms with Crippen molar-refractivity contribution in [2.24, 2.45) is 22.2 Å². The van der Waals surface area contributed by atoms with Gasteiger partial charge in [0.2, 0.25) is 5.91 Å². The van der Waals surface area contributed by atoms with Crippen molar-refractivity contribution in [1.82, 2.24) is 4.90 Å². The maximum absolute atomic E-state index is 13.5. The summed E-state index contributed by atoms with van der Waals surface area (Å²) in [6.07, 6.45) is 0.642. The van der Waals surface area contributed by atoms with E-state index in [2.05, 4.69) is 15.2 Å². The summed E-state index contributed by atoms with van der Waals surface area (Å²) >= 11 is 0. The Morgan fingerprint density at radius 3 is 2.18 bits per heavy atom. The van der Waals surface area contributed by atoms with Crippen molar-refractivity contribution in [3.05, 3.63) is 108 Å². The number of nitrogens with zero attached hydrogens (tertiary/aromatic N) is 4. The van der Waals surface area contributed by atoms with E-state index in [1.807, 2.05) is 114 Å². The SMILES string of the molecule is CCCN=C(N)N.COc1ccc(N2CCN(C(=O)c3ccc4c(c3)NC(c3cccc(Oc5ccccc5)c3)N4CC(N)=O)CC2)cc1. The van der Waals surface area contributed by atoms with E-state index in [0.29, 0.717) is 24.4 Å². The van der Waals surface area contributed by atoms with Crippen LogP contribution in [-0.2, 0) is 4.79 Å². The first kappa shape index (κ1) is 34.4. The van der Waals surface area contributed by atoms with E-state index in [4.69, 9.17) is 26.7 Å². The van der Waals surface area contributed by atoms with Gasteiger partial charge in [0.15, 0.2) is 5.96 Å². The number of para-hydroxylation sites is 1. The molecule has 2 amide bonds. The summed E-state index contributed by atoms with van der Waals surface area (Å²) in [5, 5.41) is 3.51. The lowest BCUT2D eigenvalue weighted by Gasteiger charge is -2.36. The predicted molar refractivity (Wildman–Crippen MR) is 194 cm³/mol. The number of primary amides is 1. The van der Waals surface area contributed by atoms with E-state index in [1.165, 1.54) is 0 Å². The molecule has 0 saturated carbocycles. The fourth-order valence-electron chi connectivity index (χ4n) is 5.76. The summed E-state index contributed by atoms with van der Waals surface area (Å²) in [6, 6.07) is 30.9. The second-order valence-electron chi connectivity index (χ2n) is 11.6. The Labute approximate surface area is 287 Å².